The molecular formula is C21H24N2O5S. The van der Waals surface area contributed by atoms with Gasteiger partial charge in [-0.05, 0) is 37.6 Å². The van der Waals surface area contributed by atoms with Gasteiger partial charge in [0.1, 0.15) is 0 Å². The second kappa shape index (κ2) is 9.99. The van der Waals surface area contributed by atoms with Gasteiger partial charge >= 0.3 is 5.97 Å². The van der Waals surface area contributed by atoms with Crippen LogP contribution in [0.15, 0.2) is 72.1 Å². The van der Waals surface area contributed by atoms with Crippen LogP contribution in [-0.4, -0.2) is 32.9 Å². The molecule has 8 heteroatoms. The summed E-state index contributed by atoms with van der Waals surface area (Å²) in [5.41, 5.74) is 0.842. The second-order valence-corrected chi connectivity index (χ2v) is 8.08. The Labute approximate surface area is 170 Å². The topological polar surface area (TPSA) is 102 Å². The number of ether oxygens (including phenoxy) is 1. The third-order valence-corrected chi connectivity index (χ3v) is 5.62. The molecule has 2 atom stereocenters. The van der Waals surface area contributed by atoms with Crippen LogP contribution in [0, 0.1) is 0 Å². The largest absolute Gasteiger partial charge is 0.449 e. The number of benzene rings is 2. The summed E-state index contributed by atoms with van der Waals surface area (Å²) in [4.78, 5) is 24.1. The monoisotopic (exact) mass is 416 g/mol. The zero-order chi connectivity index (χ0) is 21.4. The lowest BCUT2D eigenvalue weighted by molar-refractivity contribution is -0.128. The normalized spacial score (nSPS) is 13.2. The molecule has 0 saturated carbocycles. The van der Waals surface area contributed by atoms with Crippen molar-refractivity contribution >= 4 is 21.9 Å². The molecule has 0 radical (unpaired) electrons. The predicted octanol–water partition coefficient (Wildman–Crippen LogP) is 2.57. The molecule has 2 aromatic rings. The summed E-state index contributed by atoms with van der Waals surface area (Å²) >= 11 is 0. The fourth-order valence-corrected chi connectivity index (χ4v) is 3.78. The number of hydrogen-bond donors (Lipinski definition) is 2. The van der Waals surface area contributed by atoms with Gasteiger partial charge in [-0.25, -0.2) is 17.9 Å². The molecule has 0 saturated heterocycles. The smallest absolute Gasteiger partial charge is 0.338 e. The lowest BCUT2D eigenvalue weighted by Crippen LogP contribution is -2.35. The van der Waals surface area contributed by atoms with Crippen molar-refractivity contribution in [2.24, 2.45) is 0 Å². The molecule has 29 heavy (non-hydrogen) atoms. The molecule has 7 nitrogen and oxygen atoms in total. The van der Waals surface area contributed by atoms with Crippen LogP contribution < -0.4 is 10.0 Å². The van der Waals surface area contributed by atoms with Crippen LogP contribution in [0.1, 0.15) is 35.8 Å². The highest BCUT2D eigenvalue weighted by atomic mass is 32.2. The third-order valence-electron chi connectivity index (χ3n) is 4.09. The number of sulfonamides is 1. The first-order valence-corrected chi connectivity index (χ1v) is 10.5. The Hall–Kier alpha value is -2.97. The first-order valence-electron chi connectivity index (χ1n) is 9.01. The molecule has 2 N–H and O–H groups in total. The third kappa shape index (κ3) is 6.27. The zero-order valence-corrected chi connectivity index (χ0v) is 17.1. The number of carbonyl (C=O) groups excluding carboxylic acids is 2. The van der Waals surface area contributed by atoms with Crippen LogP contribution in [0.4, 0.5) is 0 Å². The summed E-state index contributed by atoms with van der Waals surface area (Å²) in [6.45, 7) is 6.90. The molecule has 2 rings (SSSR count). The molecule has 0 heterocycles. The van der Waals surface area contributed by atoms with Crippen molar-refractivity contribution < 1.29 is 22.7 Å². The van der Waals surface area contributed by atoms with E-state index in [2.05, 4.69) is 16.6 Å². The van der Waals surface area contributed by atoms with Crippen LogP contribution >= 0.6 is 0 Å². The van der Waals surface area contributed by atoms with E-state index in [1.54, 1.807) is 6.92 Å². The number of rotatable bonds is 9. The maximum Gasteiger partial charge on any atom is 0.338 e. The van der Waals surface area contributed by atoms with Crippen molar-refractivity contribution in [3.63, 3.8) is 0 Å². The Balaban J connectivity index is 2.12. The van der Waals surface area contributed by atoms with Crippen LogP contribution in [0.2, 0.25) is 0 Å². The average Bonchev–Trinajstić information content (AvgIpc) is 2.72. The number of carbonyl (C=O) groups is 2. The summed E-state index contributed by atoms with van der Waals surface area (Å²) in [6.07, 6.45) is 0.475. The molecule has 154 valence electrons. The van der Waals surface area contributed by atoms with Gasteiger partial charge in [-0.15, -0.1) is 6.58 Å². The second-order valence-electron chi connectivity index (χ2n) is 6.36. The van der Waals surface area contributed by atoms with Gasteiger partial charge in [0.15, 0.2) is 6.10 Å². The predicted molar refractivity (Wildman–Crippen MR) is 110 cm³/mol. The molecule has 0 aliphatic heterocycles. The van der Waals surface area contributed by atoms with Crippen LogP contribution in [-0.2, 0) is 19.6 Å². The van der Waals surface area contributed by atoms with Crippen molar-refractivity contribution in [1.29, 1.82) is 0 Å². The lowest BCUT2D eigenvalue weighted by Gasteiger charge is -2.16. The highest BCUT2D eigenvalue weighted by Crippen LogP contribution is 2.18. The van der Waals surface area contributed by atoms with Crippen molar-refractivity contribution in [1.82, 2.24) is 10.0 Å². The molecule has 1 amide bonds. The molecule has 2 aromatic carbocycles. The fourth-order valence-electron chi connectivity index (χ4n) is 2.50. The molecular weight excluding hydrogens is 392 g/mol. The summed E-state index contributed by atoms with van der Waals surface area (Å²) in [5.74, 6) is -1.26. The minimum absolute atomic E-state index is 0.0311. The number of amides is 1. The molecule has 0 aliphatic rings. The summed E-state index contributed by atoms with van der Waals surface area (Å²) < 4.78 is 33.1. The Kier molecular flexibility index (Phi) is 7.69. The van der Waals surface area contributed by atoms with E-state index in [1.807, 2.05) is 30.3 Å². The Morgan fingerprint density at radius 3 is 2.45 bits per heavy atom. The van der Waals surface area contributed by atoms with E-state index in [9.17, 15) is 18.0 Å². The summed E-state index contributed by atoms with van der Waals surface area (Å²) in [7, 11) is -3.87. The van der Waals surface area contributed by atoms with Crippen molar-refractivity contribution in [2.75, 3.05) is 6.54 Å². The molecule has 0 fully saturated rings. The van der Waals surface area contributed by atoms with Gasteiger partial charge in [0.05, 0.1) is 10.5 Å². The van der Waals surface area contributed by atoms with E-state index in [0.29, 0.717) is 0 Å². The Bertz CT molecular complexity index is 974. The van der Waals surface area contributed by atoms with E-state index >= 15 is 0 Å². The van der Waals surface area contributed by atoms with Gasteiger partial charge in [-0.3, -0.25) is 4.79 Å². The minimum Gasteiger partial charge on any atom is -0.449 e. The van der Waals surface area contributed by atoms with Gasteiger partial charge in [0.2, 0.25) is 10.0 Å². The van der Waals surface area contributed by atoms with E-state index in [1.165, 1.54) is 37.3 Å². The Morgan fingerprint density at radius 2 is 1.79 bits per heavy atom. The van der Waals surface area contributed by atoms with Gasteiger partial charge in [-0.2, -0.15) is 0 Å². The van der Waals surface area contributed by atoms with E-state index in [-0.39, 0.29) is 17.0 Å². The van der Waals surface area contributed by atoms with Gasteiger partial charge in [0.25, 0.3) is 5.91 Å². The van der Waals surface area contributed by atoms with E-state index in [0.717, 1.165) is 5.56 Å². The number of hydrogen-bond acceptors (Lipinski definition) is 5. The number of esters is 1. The van der Waals surface area contributed by atoms with Crippen LogP contribution in [0.5, 0.6) is 0 Å². The minimum atomic E-state index is -3.87. The number of nitrogens with one attached hydrogen (secondary N) is 2. The highest BCUT2D eigenvalue weighted by molar-refractivity contribution is 7.89. The molecule has 0 unspecified atom stereocenters. The van der Waals surface area contributed by atoms with Crippen molar-refractivity contribution in [3.05, 3.63) is 78.4 Å². The highest BCUT2D eigenvalue weighted by Gasteiger charge is 2.22. The van der Waals surface area contributed by atoms with Gasteiger partial charge in [0, 0.05) is 12.6 Å². The van der Waals surface area contributed by atoms with Gasteiger partial charge in [-0.1, -0.05) is 42.5 Å². The lowest BCUT2D eigenvalue weighted by atomic mass is 10.1. The molecule has 0 aromatic heterocycles. The summed E-state index contributed by atoms with van der Waals surface area (Å²) in [6, 6.07) is 14.2. The molecule has 0 aliphatic carbocycles. The van der Waals surface area contributed by atoms with Crippen molar-refractivity contribution in [3.8, 4) is 0 Å². The van der Waals surface area contributed by atoms with Crippen LogP contribution in [0.25, 0.3) is 0 Å². The maximum atomic E-state index is 12.7. The zero-order valence-electron chi connectivity index (χ0n) is 16.3. The van der Waals surface area contributed by atoms with Gasteiger partial charge < -0.3 is 10.1 Å². The molecule has 0 spiro atoms. The maximum absolute atomic E-state index is 12.7. The first kappa shape index (κ1) is 22.3. The van der Waals surface area contributed by atoms with Crippen LogP contribution in [0.3, 0.4) is 0 Å². The SMILES string of the molecule is C=CCNC(=O)[C@@H](C)OC(=O)c1cccc(S(=O)(=O)N[C@H](C)c2ccccc2)c1. The van der Waals surface area contributed by atoms with E-state index < -0.39 is 34.0 Å². The van der Waals surface area contributed by atoms with Crippen molar-refractivity contribution in [2.45, 2.75) is 30.9 Å². The fraction of sp³-hybridized carbons (Fsp3) is 0.238. The van der Waals surface area contributed by atoms with E-state index in [4.69, 9.17) is 4.74 Å². The Morgan fingerprint density at radius 1 is 1.10 bits per heavy atom. The first-order chi connectivity index (χ1) is 13.7. The summed E-state index contributed by atoms with van der Waals surface area (Å²) in [5, 5.41) is 2.52. The standard InChI is InChI=1S/C21H24N2O5S/c1-4-13-22-20(24)16(3)28-21(25)18-11-8-12-19(14-18)29(26,27)23-15(2)17-9-6-5-7-10-17/h4-12,14-16,23H,1,13H2,2-3H3,(H,22,24)/t15-,16-/m1/s1. The quantitative estimate of drug-likeness (QED) is 0.483. The average molecular weight is 416 g/mol. The molecule has 0 bridgehead atoms.